The molecule has 0 spiro atoms. The number of esters is 1. The third-order valence-electron chi connectivity index (χ3n) is 4.10. The number of hydrogen-bond acceptors (Lipinski definition) is 5. The Kier molecular flexibility index (Phi) is 7.12. The summed E-state index contributed by atoms with van der Waals surface area (Å²) in [6.07, 6.45) is 0.240. The molecule has 0 bridgehead atoms. The van der Waals surface area contributed by atoms with Crippen molar-refractivity contribution in [3.8, 4) is 10.4 Å². The highest BCUT2D eigenvalue weighted by Gasteiger charge is 2.19. The van der Waals surface area contributed by atoms with Gasteiger partial charge >= 0.3 is 5.97 Å². The maximum absolute atomic E-state index is 12.6. The summed E-state index contributed by atoms with van der Waals surface area (Å²) in [5, 5.41) is 3.39. The fraction of sp³-hybridized carbons (Fsp3) is 0.217. The summed E-state index contributed by atoms with van der Waals surface area (Å²) in [4.78, 5) is 27.2. The van der Waals surface area contributed by atoms with Crippen molar-refractivity contribution in [1.82, 2.24) is 0 Å². The number of amides is 1. The second-order valence-corrected chi connectivity index (χ2v) is 9.45. The van der Waals surface area contributed by atoms with E-state index in [1.54, 1.807) is 11.8 Å². The number of benzene rings is 2. The second kappa shape index (κ2) is 9.76. The van der Waals surface area contributed by atoms with Crippen LogP contribution >= 0.6 is 23.1 Å². The average Bonchev–Trinajstić information content (AvgIpc) is 3.13. The van der Waals surface area contributed by atoms with Gasteiger partial charge in [0.2, 0.25) is 5.91 Å². The number of nitrogens with one attached hydrogen (secondary N) is 1. The number of thiophene rings is 1. The molecule has 150 valence electrons. The molecule has 2 aromatic carbocycles. The molecule has 1 heterocycles. The van der Waals surface area contributed by atoms with Crippen molar-refractivity contribution in [3.05, 3.63) is 71.1 Å². The lowest BCUT2D eigenvalue weighted by molar-refractivity contribution is -0.115. The van der Waals surface area contributed by atoms with Crippen LogP contribution in [0.3, 0.4) is 0 Å². The SMILES string of the molecule is COC(=O)c1sc(-c2ccccc2)cc1NC(=O)Cc1ccc(SC(C)C)cc1. The first-order valence-electron chi connectivity index (χ1n) is 9.29. The third-order valence-corrected chi connectivity index (χ3v) is 6.27. The molecule has 29 heavy (non-hydrogen) atoms. The van der Waals surface area contributed by atoms with E-state index in [0.29, 0.717) is 15.8 Å². The van der Waals surface area contributed by atoms with Gasteiger partial charge < -0.3 is 10.1 Å². The Bertz CT molecular complexity index is 979. The van der Waals surface area contributed by atoms with Crippen LogP contribution in [0.1, 0.15) is 29.1 Å². The molecule has 0 unspecified atom stereocenters. The number of anilines is 1. The number of ether oxygens (including phenoxy) is 1. The highest BCUT2D eigenvalue weighted by molar-refractivity contribution is 7.99. The van der Waals surface area contributed by atoms with Gasteiger partial charge in [0.25, 0.3) is 0 Å². The van der Waals surface area contributed by atoms with Crippen molar-refractivity contribution >= 4 is 40.7 Å². The smallest absolute Gasteiger partial charge is 0.350 e. The summed E-state index contributed by atoms with van der Waals surface area (Å²) >= 11 is 3.10. The maximum Gasteiger partial charge on any atom is 0.350 e. The molecule has 0 aliphatic carbocycles. The highest BCUT2D eigenvalue weighted by atomic mass is 32.2. The average molecular weight is 426 g/mol. The molecular formula is C23H23NO3S2. The minimum absolute atomic E-state index is 0.170. The van der Waals surface area contributed by atoms with Crippen LogP contribution in [-0.4, -0.2) is 24.2 Å². The van der Waals surface area contributed by atoms with Gasteiger partial charge in [-0.05, 0) is 29.3 Å². The second-order valence-electron chi connectivity index (χ2n) is 6.75. The predicted molar refractivity (Wildman–Crippen MR) is 121 cm³/mol. The first-order valence-corrected chi connectivity index (χ1v) is 11.0. The van der Waals surface area contributed by atoms with Crippen LogP contribution in [-0.2, 0) is 16.0 Å². The molecular weight excluding hydrogens is 402 g/mol. The fourth-order valence-corrected chi connectivity index (χ4v) is 4.69. The summed E-state index contributed by atoms with van der Waals surface area (Å²) in [5.74, 6) is -0.626. The number of thioether (sulfide) groups is 1. The van der Waals surface area contributed by atoms with Crippen LogP contribution in [0.15, 0.2) is 65.6 Å². The Morgan fingerprint density at radius 3 is 2.38 bits per heavy atom. The van der Waals surface area contributed by atoms with Crippen molar-refractivity contribution in [2.45, 2.75) is 30.4 Å². The zero-order valence-electron chi connectivity index (χ0n) is 16.6. The van der Waals surface area contributed by atoms with Crippen LogP contribution in [0.2, 0.25) is 0 Å². The lowest BCUT2D eigenvalue weighted by Gasteiger charge is -2.07. The standard InChI is InChI=1S/C23H23NO3S2/c1-15(2)28-18-11-9-16(10-12-18)13-21(25)24-19-14-20(17-7-5-4-6-8-17)29-22(19)23(26)27-3/h4-12,14-15H,13H2,1-3H3,(H,24,25). The molecule has 1 N–H and O–H groups in total. The zero-order valence-corrected chi connectivity index (χ0v) is 18.2. The van der Waals surface area contributed by atoms with E-state index in [1.807, 2.05) is 60.7 Å². The normalized spacial score (nSPS) is 10.8. The Labute approximate surface area is 179 Å². The van der Waals surface area contributed by atoms with E-state index in [9.17, 15) is 9.59 Å². The van der Waals surface area contributed by atoms with Gasteiger partial charge in [-0.3, -0.25) is 4.79 Å². The number of rotatable bonds is 7. The number of hydrogen-bond donors (Lipinski definition) is 1. The molecule has 3 aromatic rings. The molecule has 1 amide bonds. The lowest BCUT2D eigenvalue weighted by atomic mass is 10.1. The van der Waals surface area contributed by atoms with E-state index in [0.717, 1.165) is 16.0 Å². The summed E-state index contributed by atoms with van der Waals surface area (Å²) in [6, 6.07) is 19.6. The van der Waals surface area contributed by atoms with Crippen molar-refractivity contribution in [2.75, 3.05) is 12.4 Å². The van der Waals surface area contributed by atoms with Crippen molar-refractivity contribution in [3.63, 3.8) is 0 Å². The van der Waals surface area contributed by atoms with Gasteiger partial charge in [-0.25, -0.2) is 4.79 Å². The summed E-state index contributed by atoms with van der Waals surface area (Å²) in [6.45, 7) is 4.30. The number of carbonyl (C=O) groups excluding carboxylic acids is 2. The molecule has 6 heteroatoms. The van der Waals surface area contributed by atoms with Crippen LogP contribution < -0.4 is 5.32 Å². The van der Waals surface area contributed by atoms with E-state index >= 15 is 0 Å². The minimum atomic E-state index is -0.456. The Morgan fingerprint density at radius 2 is 1.76 bits per heavy atom. The van der Waals surface area contributed by atoms with Crippen molar-refractivity contribution < 1.29 is 14.3 Å². The van der Waals surface area contributed by atoms with Gasteiger partial charge in [-0.15, -0.1) is 23.1 Å². The van der Waals surface area contributed by atoms with E-state index < -0.39 is 5.97 Å². The van der Waals surface area contributed by atoms with E-state index in [4.69, 9.17) is 4.74 Å². The number of methoxy groups -OCH3 is 1. The first kappa shape index (κ1) is 21.1. The topological polar surface area (TPSA) is 55.4 Å². The van der Waals surface area contributed by atoms with Gasteiger partial charge in [-0.2, -0.15) is 0 Å². The molecule has 4 nitrogen and oxygen atoms in total. The van der Waals surface area contributed by atoms with E-state index in [-0.39, 0.29) is 12.3 Å². The molecule has 0 fully saturated rings. The lowest BCUT2D eigenvalue weighted by Crippen LogP contribution is -2.16. The quantitative estimate of drug-likeness (QED) is 0.379. The first-order chi connectivity index (χ1) is 14.0. The van der Waals surface area contributed by atoms with Crippen LogP contribution in [0.5, 0.6) is 0 Å². The van der Waals surface area contributed by atoms with Gasteiger partial charge in [0, 0.05) is 15.0 Å². The summed E-state index contributed by atoms with van der Waals surface area (Å²) in [5.41, 5.74) is 2.40. The van der Waals surface area contributed by atoms with Gasteiger partial charge in [-0.1, -0.05) is 56.3 Å². The molecule has 1 aromatic heterocycles. The van der Waals surface area contributed by atoms with Crippen molar-refractivity contribution in [2.24, 2.45) is 0 Å². The Morgan fingerprint density at radius 1 is 1.07 bits per heavy atom. The summed E-state index contributed by atoms with van der Waals surface area (Å²) < 4.78 is 4.89. The Balaban J connectivity index is 1.75. The molecule has 0 saturated heterocycles. The van der Waals surface area contributed by atoms with E-state index in [2.05, 4.69) is 19.2 Å². The van der Waals surface area contributed by atoms with Crippen LogP contribution in [0.4, 0.5) is 5.69 Å². The van der Waals surface area contributed by atoms with E-state index in [1.165, 1.54) is 23.3 Å². The molecule has 0 aliphatic heterocycles. The van der Waals surface area contributed by atoms with Gasteiger partial charge in [0.1, 0.15) is 4.88 Å². The fourth-order valence-electron chi connectivity index (χ4n) is 2.81. The van der Waals surface area contributed by atoms with Gasteiger partial charge in [0.05, 0.1) is 19.2 Å². The van der Waals surface area contributed by atoms with Crippen molar-refractivity contribution in [1.29, 1.82) is 0 Å². The largest absolute Gasteiger partial charge is 0.465 e. The van der Waals surface area contributed by atoms with Crippen LogP contribution in [0.25, 0.3) is 10.4 Å². The monoisotopic (exact) mass is 425 g/mol. The molecule has 0 aliphatic rings. The third kappa shape index (κ3) is 5.71. The number of carbonyl (C=O) groups is 2. The maximum atomic E-state index is 12.6. The molecule has 0 saturated carbocycles. The Hall–Kier alpha value is -2.57. The predicted octanol–water partition coefficient (Wildman–Crippen LogP) is 5.88. The summed E-state index contributed by atoms with van der Waals surface area (Å²) in [7, 11) is 1.34. The highest BCUT2D eigenvalue weighted by Crippen LogP contribution is 2.35. The van der Waals surface area contributed by atoms with Crippen LogP contribution in [0, 0.1) is 0 Å². The molecule has 0 radical (unpaired) electrons. The molecule has 3 rings (SSSR count). The van der Waals surface area contributed by atoms with Gasteiger partial charge in [0.15, 0.2) is 0 Å². The minimum Gasteiger partial charge on any atom is -0.465 e. The zero-order chi connectivity index (χ0) is 20.8. The molecule has 0 atom stereocenters.